The molecule has 2 heterocycles. The van der Waals surface area contributed by atoms with Gasteiger partial charge >= 0.3 is 0 Å². The minimum atomic E-state index is 0.417. The Labute approximate surface area is 79.6 Å². The maximum atomic E-state index is 5.70. The molecule has 0 spiro atoms. The smallest absolute Gasteiger partial charge is 0.223 e. The Kier molecular flexibility index (Phi) is 1.98. The van der Waals surface area contributed by atoms with E-state index in [0.717, 1.165) is 0 Å². The number of rotatable bonds is 1. The van der Waals surface area contributed by atoms with Crippen LogP contribution in [0.2, 0.25) is 5.15 Å². The summed E-state index contributed by atoms with van der Waals surface area (Å²) in [6.45, 7) is 1.72. The third kappa shape index (κ3) is 1.67. The van der Waals surface area contributed by atoms with Gasteiger partial charge in [0.1, 0.15) is 10.8 Å². The zero-order chi connectivity index (χ0) is 9.26. The highest BCUT2D eigenvalue weighted by Crippen LogP contribution is 2.14. The number of halogens is 1. The Balaban J connectivity index is 2.46. The molecule has 66 valence electrons. The lowest BCUT2D eigenvalue weighted by Gasteiger charge is -1.92. The van der Waals surface area contributed by atoms with Crippen molar-refractivity contribution in [2.75, 3.05) is 0 Å². The van der Waals surface area contributed by atoms with Crippen LogP contribution in [0.15, 0.2) is 22.7 Å². The average molecular weight is 196 g/mol. The van der Waals surface area contributed by atoms with Gasteiger partial charge in [-0.3, -0.25) is 0 Å². The molecule has 13 heavy (non-hydrogen) atoms. The fourth-order valence-corrected chi connectivity index (χ4v) is 1.10. The second-order valence-electron chi connectivity index (χ2n) is 2.48. The molecule has 5 heteroatoms. The molecule has 0 aliphatic rings. The number of aryl methyl sites for hydroxylation is 1. The molecule has 0 amide bonds. The second-order valence-corrected chi connectivity index (χ2v) is 2.87. The maximum absolute atomic E-state index is 5.70. The molecule has 0 saturated heterocycles. The van der Waals surface area contributed by atoms with Gasteiger partial charge in [-0.2, -0.15) is 4.98 Å². The molecule has 0 unspecified atom stereocenters. The number of hydrogen-bond donors (Lipinski definition) is 0. The van der Waals surface area contributed by atoms with E-state index in [1.54, 1.807) is 25.1 Å². The number of nitrogens with zero attached hydrogens (tertiary/aromatic N) is 3. The highest BCUT2D eigenvalue weighted by Gasteiger charge is 2.06. The van der Waals surface area contributed by atoms with Gasteiger partial charge in [-0.25, -0.2) is 4.98 Å². The van der Waals surface area contributed by atoms with E-state index in [2.05, 4.69) is 15.1 Å². The van der Waals surface area contributed by atoms with Crippen LogP contribution in [0.1, 0.15) is 5.89 Å². The Morgan fingerprint density at radius 2 is 2.15 bits per heavy atom. The van der Waals surface area contributed by atoms with Gasteiger partial charge in [0.05, 0.1) is 0 Å². The minimum absolute atomic E-state index is 0.417. The van der Waals surface area contributed by atoms with Crippen molar-refractivity contribution in [3.63, 3.8) is 0 Å². The first kappa shape index (κ1) is 8.19. The van der Waals surface area contributed by atoms with Crippen molar-refractivity contribution >= 4 is 11.6 Å². The Hall–Kier alpha value is -1.42. The highest BCUT2D eigenvalue weighted by molar-refractivity contribution is 6.29. The largest absolute Gasteiger partial charge is 0.339 e. The Bertz CT molecular complexity index is 427. The van der Waals surface area contributed by atoms with Gasteiger partial charge < -0.3 is 4.52 Å². The van der Waals surface area contributed by atoms with Crippen LogP contribution in [0.3, 0.4) is 0 Å². The van der Waals surface area contributed by atoms with Crippen LogP contribution in [-0.4, -0.2) is 15.1 Å². The molecule has 0 saturated carbocycles. The van der Waals surface area contributed by atoms with Crippen LogP contribution in [-0.2, 0) is 0 Å². The molecule has 2 aromatic rings. The van der Waals surface area contributed by atoms with E-state index in [4.69, 9.17) is 16.1 Å². The van der Waals surface area contributed by atoms with Crippen LogP contribution < -0.4 is 0 Å². The summed E-state index contributed by atoms with van der Waals surface area (Å²) in [6, 6.07) is 5.25. The summed E-state index contributed by atoms with van der Waals surface area (Å²) in [4.78, 5) is 8.06. The molecule has 0 radical (unpaired) electrons. The van der Waals surface area contributed by atoms with Gasteiger partial charge in [0.25, 0.3) is 0 Å². The molecule has 2 aromatic heterocycles. The first-order valence-corrected chi connectivity index (χ1v) is 4.07. The summed E-state index contributed by atoms with van der Waals surface area (Å²) < 4.78 is 4.81. The summed E-state index contributed by atoms with van der Waals surface area (Å²) in [5.41, 5.74) is 0.615. The second kappa shape index (κ2) is 3.14. The van der Waals surface area contributed by atoms with Crippen LogP contribution in [0, 0.1) is 6.92 Å². The minimum Gasteiger partial charge on any atom is -0.339 e. The molecule has 0 aromatic carbocycles. The van der Waals surface area contributed by atoms with Crippen molar-refractivity contribution in [2.24, 2.45) is 0 Å². The van der Waals surface area contributed by atoms with Gasteiger partial charge in [0.15, 0.2) is 0 Å². The first-order chi connectivity index (χ1) is 6.25. The van der Waals surface area contributed by atoms with Crippen molar-refractivity contribution in [1.29, 1.82) is 0 Å². The predicted molar refractivity (Wildman–Crippen MR) is 47.3 cm³/mol. The molecule has 4 nitrogen and oxygen atoms in total. The molecule has 2 rings (SSSR count). The predicted octanol–water partition coefficient (Wildman–Crippen LogP) is 2.09. The van der Waals surface area contributed by atoms with Gasteiger partial charge in [-0.05, 0) is 12.1 Å². The summed E-state index contributed by atoms with van der Waals surface area (Å²) >= 11 is 5.70. The molecule has 0 aliphatic heterocycles. The number of aromatic nitrogens is 3. The van der Waals surface area contributed by atoms with Crippen molar-refractivity contribution < 1.29 is 4.52 Å². The lowest BCUT2D eigenvalue weighted by Crippen LogP contribution is -1.85. The molecule has 0 N–H and O–H groups in total. The van der Waals surface area contributed by atoms with E-state index in [1.807, 2.05) is 0 Å². The fraction of sp³-hybridized carbons (Fsp3) is 0.125. The monoisotopic (exact) mass is 195 g/mol. The van der Waals surface area contributed by atoms with Gasteiger partial charge in [0, 0.05) is 6.92 Å². The molecule has 0 aliphatic carbocycles. The van der Waals surface area contributed by atoms with E-state index in [0.29, 0.717) is 22.6 Å². The first-order valence-electron chi connectivity index (χ1n) is 3.69. The van der Waals surface area contributed by atoms with Crippen LogP contribution >= 0.6 is 11.6 Å². The van der Waals surface area contributed by atoms with E-state index in [1.165, 1.54) is 0 Å². The van der Waals surface area contributed by atoms with Crippen molar-refractivity contribution in [3.05, 3.63) is 29.2 Å². The molecule has 0 fully saturated rings. The lowest BCUT2D eigenvalue weighted by molar-refractivity contribution is 0.394. The van der Waals surface area contributed by atoms with Crippen molar-refractivity contribution in [2.45, 2.75) is 6.92 Å². The molecule has 0 atom stereocenters. The summed E-state index contributed by atoms with van der Waals surface area (Å²) in [5, 5.41) is 4.14. The summed E-state index contributed by atoms with van der Waals surface area (Å²) in [5.74, 6) is 0.969. The molecular formula is C8H6ClN3O. The van der Waals surface area contributed by atoms with Crippen molar-refractivity contribution in [1.82, 2.24) is 15.1 Å². The SMILES string of the molecule is Cc1nc(-c2cccc(Cl)n2)no1. The highest BCUT2D eigenvalue weighted by atomic mass is 35.5. The third-order valence-corrected chi connectivity index (χ3v) is 1.68. The van der Waals surface area contributed by atoms with E-state index >= 15 is 0 Å². The maximum Gasteiger partial charge on any atom is 0.223 e. The van der Waals surface area contributed by atoms with Gasteiger partial charge in [-0.1, -0.05) is 22.8 Å². The van der Waals surface area contributed by atoms with Gasteiger partial charge in [0.2, 0.25) is 11.7 Å². The van der Waals surface area contributed by atoms with E-state index in [-0.39, 0.29) is 0 Å². The summed E-state index contributed by atoms with van der Waals surface area (Å²) in [6.07, 6.45) is 0. The van der Waals surface area contributed by atoms with Crippen LogP contribution in [0.25, 0.3) is 11.5 Å². The zero-order valence-electron chi connectivity index (χ0n) is 6.86. The standard InChI is InChI=1S/C8H6ClN3O/c1-5-10-8(12-13-5)6-3-2-4-7(9)11-6/h2-4H,1H3. The van der Waals surface area contributed by atoms with Crippen LogP contribution in [0.4, 0.5) is 0 Å². The number of pyridine rings is 1. The third-order valence-electron chi connectivity index (χ3n) is 1.47. The van der Waals surface area contributed by atoms with Gasteiger partial charge in [-0.15, -0.1) is 0 Å². The van der Waals surface area contributed by atoms with E-state index < -0.39 is 0 Å². The Morgan fingerprint density at radius 3 is 2.77 bits per heavy atom. The Morgan fingerprint density at radius 1 is 1.31 bits per heavy atom. The van der Waals surface area contributed by atoms with E-state index in [9.17, 15) is 0 Å². The summed E-state index contributed by atoms with van der Waals surface area (Å²) in [7, 11) is 0. The molecular weight excluding hydrogens is 190 g/mol. The zero-order valence-corrected chi connectivity index (χ0v) is 7.62. The molecule has 0 bridgehead atoms. The topological polar surface area (TPSA) is 51.8 Å². The van der Waals surface area contributed by atoms with Crippen molar-refractivity contribution in [3.8, 4) is 11.5 Å². The van der Waals surface area contributed by atoms with Crippen LogP contribution in [0.5, 0.6) is 0 Å². The fourth-order valence-electron chi connectivity index (χ4n) is 0.936. The average Bonchev–Trinajstić information content (AvgIpc) is 2.52. The lowest BCUT2D eigenvalue weighted by atomic mass is 10.3. The quantitative estimate of drug-likeness (QED) is 0.654. The number of hydrogen-bond acceptors (Lipinski definition) is 4. The normalized spacial score (nSPS) is 10.3.